The van der Waals surface area contributed by atoms with Crippen LogP contribution < -0.4 is 10.1 Å². The van der Waals surface area contributed by atoms with Gasteiger partial charge in [0, 0.05) is 20.1 Å². The molecule has 1 aromatic heterocycles. The van der Waals surface area contributed by atoms with E-state index in [4.69, 9.17) is 9.47 Å². The molecule has 0 unspecified atom stereocenters. The molecule has 1 rings (SSSR count). The van der Waals surface area contributed by atoms with Gasteiger partial charge in [-0.3, -0.25) is 4.98 Å². The lowest BCUT2D eigenvalue weighted by Gasteiger charge is -2.22. The van der Waals surface area contributed by atoms with E-state index in [0.717, 1.165) is 25.2 Å². The topological polar surface area (TPSA) is 56.3 Å². The van der Waals surface area contributed by atoms with Crippen molar-refractivity contribution in [1.82, 2.24) is 15.3 Å². The van der Waals surface area contributed by atoms with Crippen molar-refractivity contribution < 1.29 is 9.47 Å². The minimum Gasteiger partial charge on any atom is -0.476 e. The van der Waals surface area contributed by atoms with E-state index in [1.165, 1.54) is 0 Å². The van der Waals surface area contributed by atoms with E-state index in [-0.39, 0.29) is 5.60 Å². The van der Waals surface area contributed by atoms with Crippen LogP contribution in [0.5, 0.6) is 5.88 Å². The molecule has 0 saturated carbocycles. The van der Waals surface area contributed by atoms with Crippen molar-refractivity contribution in [3.63, 3.8) is 0 Å². The van der Waals surface area contributed by atoms with E-state index in [0.29, 0.717) is 18.4 Å². The third kappa shape index (κ3) is 6.82. The normalized spacial score (nSPS) is 11.9. The Morgan fingerprint density at radius 2 is 2.00 bits per heavy atom. The lowest BCUT2D eigenvalue weighted by atomic mass is 10.1. The van der Waals surface area contributed by atoms with Crippen LogP contribution in [0.4, 0.5) is 0 Å². The Morgan fingerprint density at radius 1 is 1.25 bits per heavy atom. The van der Waals surface area contributed by atoms with Gasteiger partial charge < -0.3 is 14.8 Å². The largest absolute Gasteiger partial charge is 0.476 e. The highest BCUT2D eigenvalue weighted by atomic mass is 16.5. The Hall–Kier alpha value is -1.20. The second-order valence-corrected chi connectivity index (χ2v) is 5.93. The van der Waals surface area contributed by atoms with Crippen LogP contribution in [0.3, 0.4) is 0 Å². The molecular formula is C15H27N3O2. The van der Waals surface area contributed by atoms with Gasteiger partial charge in [-0.2, -0.15) is 0 Å². The molecule has 0 radical (unpaired) electrons. The molecule has 5 nitrogen and oxygen atoms in total. The predicted octanol–water partition coefficient (Wildman–Crippen LogP) is 2.42. The minimum atomic E-state index is -0.172. The van der Waals surface area contributed by atoms with Crippen LogP contribution in [0.15, 0.2) is 12.4 Å². The van der Waals surface area contributed by atoms with Gasteiger partial charge >= 0.3 is 0 Å². The number of methoxy groups -OCH3 is 1. The molecule has 0 fully saturated rings. The van der Waals surface area contributed by atoms with Gasteiger partial charge in [-0.05, 0) is 26.3 Å². The number of nitrogens with zero attached hydrogens (tertiary/aromatic N) is 2. The number of hydrogen-bond donors (Lipinski definition) is 1. The maximum absolute atomic E-state index is 5.57. The fraction of sp³-hybridized carbons (Fsp3) is 0.733. The number of ether oxygens (including phenoxy) is 2. The van der Waals surface area contributed by atoms with Gasteiger partial charge in [0.15, 0.2) is 0 Å². The van der Waals surface area contributed by atoms with Crippen molar-refractivity contribution in [1.29, 1.82) is 0 Å². The summed E-state index contributed by atoms with van der Waals surface area (Å²) >= 11 is 0. The lowest BCUT2D eigenvalue weighted by Crippen LogP contribution is -2.25. The first-order valence-corrected chi connectivity index (χ1v) is 7.12. The van der Waals surface area contributed by atoms with Gasteiger partial charge in [-0.25, -0.2) is 4.98 Å². The molecule has 114 valence electrons. The fourth-order valence-electron chi connectivity index (χ4n) is 1.50. The smallest absolute Gasteiger partial charge is 0.232 e. The van der Waals surface area contributed by atoms with Gasteiger partial charge in [0.05, 0.1) is 30.3 Å². The first-order valence-electron chi connectivity index (χ1n) is 7.12. The molecule has 1 N–H and O–H groups in total. The van der Waals surface area contributed by atoms with E-state index in [1.807, 2.05) is 13.8 Å². The lowest BCUT2D eigenvalue weighted by molar-refractivity contribution is 0.00504. The van der Waals surface area contributed by atoms with Crippen molar-refractivity contribution in [3.8, 4) is 5.88 Å². The zero-order valence-corrected chi connectivity index (χ0v) is 13.3. The molecule has 0 bridgehead atoms. The van der Waals surface area contributed by atoms with Gasteiger partial charge in [0.1, 0.15) is 0 Å². The Kier molecular flexibility index (Phi) is 6.88. The Balaban J connectivity index is 2.31. The third-order valence-corrected chi connectivity index (χ3v) is 3.05. The monoisotopic (exact) mass is 281 g/mol. The molecule has 0 aliphatic carbocycles. The van der Waals surface area contributed by atoms with E-state index in [2.05, 4.69) is 29.1 Å². The van der Waals surface area contributed by atoms with Crippen LogP contribution in [-0.2, 0) is 11.3 Å². The highest BCUT2D eigenvalue weighted by molar-refractivity contribution is 5.07. The van der Waals surface area contributed by atoms with Crippen molar-refractivity contribution in [2.24, 2.45) is 5.92 Å². The van der Waals surface area contributed by atoms with Gasteiger partial charge in [0.25, 0.3) is 0 Å². The van der Waals surface area contributed by atoms with Crippen molar-refractivity contribution in [3.05, 3.63) is 18.1 Å². The molecule has 1 heterocycles. The summed E-state index contributed by atoms with van der Waals surface area (Å²) in [4.78, 5) is 8.59. The minimum absolute atomic E-state index is 0.172. The average Bonchev–Trinajstić information content (AvgIpc) is 2.40. The standard InChI is InChI=1S/C15H27N3O2/c1-12(2)8-16-9-13-10-18-14(11-17-13)20-7-6-15(3,4)19-5/h10-12,16H,6-9H2,1-5H3. The summed E-state index contributed by atoms with van der Waals surface area (Å²) in [5.41, 5.74) is 0.754. The molecule has 0 atom stereocenters. The number of nitrogens with one attached hydrogen (secondary N) is 1. The third-order valence-electron chi connectivity index (χ3n) is 3.05. The molecule has 0 aliphatic heterocycles. The second-order valence-electron chi connectivity index (χ2n) is 5.93. The van der Waals surface area contributed by atoms with Crippen molar-refractivity contribution in [2.45, 2.75) is 46.3 Å². The predicted molar refractivity (Wildman–Crippen MR) is 79.8 cm³/mol. The molecule has 0 saturated heterocycles. The Morgan fingerprint density at radius 3 is 2.55 bits per heavy atom. The summed E-state index contributed by atoms with van der Waals surface area (Å²) in [6.07, 6.45) is 4.24. The van der Waals surface area contributed by atoms with Crippen molar-refractivity contribution in [2.75, 3.05) is 20.3 Å². The molecule has 5 heteroatoms. The summed E-state index contributed by atoms with van der Waals surface area (Å²) < 4.78 is 10.9. The summed E-state index contributed by atoms with van der Waals surface area (Å²) in [6.45, 7) is 10.7. The molecular weight excluding hydrogens is 254 g/mol. The fourth-order valence-corrected chi connectivity index (χ4v) is 1.50. The number of aromatic nitrogens is 2. The van der Waals surface area contributed by atoms with Crippen LogP contribution in [0, 0.1) is 5.92 Å². The second kappa shape index (κ2) is 8.17. The quantitative estimate of drug-likeness (QED) is 0.753. The molecule has 1 aromatic rings. The zero-order valence-electron chi connectivity index (χ0n) is 13.3. The van der Waals surface area contributed by atoms with Gasteiger partial charge in [0.2, 0.25) is 5.88 Å². The summed E-state index contributed by atoms with van der Waals surface area (Å²) in [5, 5.41) is 3.33. The Bertz CT molecular complexity index is 377. The number of hydrogen-bond acceptors (Lipinski definition) is 5. The summed E-state index contributed by atoms with van der Waals surface area (Å²) in [6, 6.07) is 0. The molecule has 0 aromatic carbocycles. The average molecular weight is 281 g/mol. The van der Waals surface area contributed by atoms with E-state index < -0.39 is 0 Å². The molecule has 20 heavy (non-hydrogen) atoms. The maximum Gasteiger partial charge on any atom is 0.232 e. The Labute approximate surface area is 122 Å². The summed E-state index contributed by atoms with van der Waals surface area (Å²) in [5.74, 6) is 1.19. The number of rotatable bonds is 9. The zero-order chi connectivity index (χ0) is 15.0. The van der Waals surface area contributed by atoms with Gasteiger partial charge in [-0.1, -0.05) is 13.8 Å². The van der Waals surface area contributed by atoms with Crippen LogP contribution in [0.1, 0.15) is 39.8 Å². The molecule has 0 amide bonds. The maximum atomic E-state index is 5.57. The van der Waals surface area contributed by atoms with Crippen LogP contribution in [-0.4, -0.2) is 35.8 Å². The SMILES string of the molecule is COC(C)(C)CCOc1cnc(CNCC(C)C)cn1. The van der Waals surface area contributed by atoms with Crippen LogP contribution >= 0.6 is 0 Å². The molecule has 0 spiro atoms. The highest BCUT2D eigenvalue weighted by Gasteiger charge is 2.16. The van der Waals surface area contributed by atoms with E-state index in [1.54, 1.807) is 19.5 Å². The summed E-state index contributed by atoms with van der Waals surface area (Å²) in [7, 11) is 1.71. The van der Waals surface area contributed by atoms with Crippen LogP contribution in [0.25, 0.3) is 0 Å². The highest BCUT2D eigenvalue weighted by Crippen LogP contribution is 2.13. The van der Waals surface area contributed by atoms with Gasteiger partial charge in [-0.15, -0.1) is 0 Å². The van der Waals surface area contributed by atoms with E-state index >= 15 is 0 Å². The van der Waals surface area contributed by atoms with E-state index in [9.17, 15) is 0 Å². The first-order chi connectivity index (χ1) is 9.43. The molecule has 0 aliphatic rings. The van der Waals surface area contributed by atoms with Crippen LogP contribution in [0.2, 0.25) is 0 Å². The first kappa shape index (κ1) is 16.9. The van der Waals surface area contributed by atoms with Crippen molar-refractivity contribution >= 4 is 0 Å².